The first-order valence-electron chi connectivity index (χ1n) is 4.87. The average molecular weight is 164 g/mol. The molecule has 0 fully saturated rings. The Morgan fingerprint density at radius 1 is 1.25 bits per heavy atom. The van der Waals surface area contributed by atoms with Gasteiger partial charge >= 0.3 is 0 Å². The molecule has 68 valence electrons. The van der Waals surface area contributed by atoms with E-state index in [9.17, 15) is 0 Å². The second-order valence-electron chi connectivity index (χ2n) is 4.41. The third-order valence-corrected chi connectivity index (χ3v) is 2.99. The zero-order valence-corrected chi connectivity index (χ0v) is 8.94. The van der Waals surface area contributed by atoms with E-state index in [1.54, 1.807) is 5.57 Å². The number of rotatable bonds is 1. The van der Waals surface area contributed by atoms with Crippen molar-refractivity contribution < 1.29 is 0 Å². The van der Waals surface area contributed by atoms with Crippen LogP contribution < -0.4 is 0 Å². The fourth-order valence-electron chi connectivity index (χ4n) is 2.07. The fraction of sp³-hybridized carbons (Fsp3) is 0.667. The van der Waals surface area contributed by atoms with E-state index in [1.807, 2.05) is 0 Å². The molecule has 1 unspecified atom stereocenters. The van der Waals surface area contributed by atoms with Crippen LogP contribution in [0.15, 0.2) is 22.8 Å². The Kier molecular flexibility index (Phi) is 2.76. The van der Waals surface area contributed by atoms with Crippen molar-refractivity contribution in [2.24, 2.45) is 11.8 Å². The van der Waals surface area contributed by atoms with Crippen molar-refractivity contribution in [3.8, 4) is 0 Å². The minimum Gasteiger partial charge on any atom is -0.0725 e. The van der Waals surface area contributed by atoms with Gasteiger partial charge in [0.15, 0.2) is 0 Å². The van der Waals surface area contributed by atoms with Crippen LogP contribution in [-0.4, -0.2) is 0 Å². The zero-order valence-electron chi connectivity index (χ0n) is 8.94. The van der Waals surface area contributed by atoms with Gasteiger partial charge in [-0.2, -0.15) is 0 Å². The molecule has 12 heavy (non-hydrogen) atoms. The summed E-state index contributed by atoms with van der Waals surface area (Å²) < 4.78 is 0. The van der Waals surface area contributed by atoms with Gasteiger partial charge in [-0.3, -0.25) is 0 Å². The molecule has 0 spiro atoms. The minimum atomic E-state index is 0.781. The molecule has 0 heteroatoms. The third-order valence-electron chi connectivity index (χ3n) is 2.99. The van der Waals surface area contributed by atoms with Crippen LogP contribution in [0.2, 0.25) is 0 Å². The maximum atomic E-state index is 2.33. The lowest BCUT2D eigenvalue weighted by molar-refractivity contribution is 0.432. The van der Waals surface area contributed by atoms with Gasteiger partial charge in [0.25, 0.3) is 0 Å². The Morgan fingerprint density at radius 2 is 1.83 bits per heavy atom. The first-order valence-corrected chi connectivity index (χ1v) is 4.87. The van der Waals surface area contributed by atoms with E-state index in [0.29, 0.717) is 0 Å². The SMILES string of the molecule is CC1=CC(C)=C(C)C(C(C)C)C1. The van der Waals surface area contributed by atoms with Gasteiger partial charge in [0.2, 0.25) is 0 Å². The molecule has 0 aromatic heterocycles. The van der Waals surface area contributed by atoms with Crippen molar-refractivity contribution in [1.82, 2.24) is 0 Å². The quantitative estimate of drug-likeness (QED) is 0.550. The summed E-state index contributed by atoms with van der Waals surface area (Å²) in [4.78, 5) is 0. The Balaban J connectivity index is 2.91. The van der Waals surface area contributed by atoms with Crippen LogP contribution in [0, 0.1) is 11.8 Å². The zero-order chi connectivity index (χ0) is 9.30. The molecule has 0 radical (unpaired) electrons. The normalized spacial score (nSPS) is 24.8. The highest BCUT2D eigenvalue weighted by Gasteiger charge is 2.19. The van der Waals surface area contributed by atoms with Gasteiger partial charge in [0.05, 0.1) is 0 Å². The van der Waals surface area contributed by atoms with E-state index in [2.05, 4.69) is 40.7 Å². The van der Waals surface area contributed by atoms with Gasteiger partial charge in [0.1, 0.15) is 0 Å². The number of hydrogen-bond acceptors (Lipinski definition) is 0. The summed E-state index contributed by atoms with van der Waals surface area (Å²) in [7, 11) is 0. The molecule has 1 atom stereocenters. The molecular formula is C12H20. The van der Waals surface area contributed by atoms with Gasteiger partial charge in [0, 0.05) is 0 Å². The lowest BCUT2D eigenvalue weighted by atomic mass is 9.78. The van der Waals surface area contributed by atoms with Crippen LogP contribution in [0.4, 0.5) is 0 Å². The van der Waals surface area contributed by atoms with Crippen LogP contribution in [0.1, 0.15) is 41.0 Å². The van der Waals surface area contributed by atoms with Crippen LogP contribution in [0.5, 0.6) is 0 Å². The fourth-order valence-corrected chi connectivity index (χ4v) is 2.07. The molecular weight excluding hydrogens is 144 g/mol. The standard InChI is InChI=1S/C12H20/c1-8(2)12-7-9(3)6-10(4)11(12)5/h6,8,12H,7H2,1-5H3. The summed E-state index contributed by atoms with van der Waals surface area (Å²) in [5, 5.41) is 0. The number of hydrogen-bond donors (Lipinski definition) is 0. The highest BCUT2D eigenvalue weighted by atomic mass is 14.2. The van der Waals surface area contributed by atoms with Crippen molar-refractivity contribution in [3.63, 3.8) is 0 Å². The van der Waals surface area contributed by atoms with Crippen molar-refractivity contribution >= 4 is 0 Å². The smallest absolute Gasteiger partial charge is 0.0140 e. The van der Waals surface area contributed by atoms with Crippen molar-refractivity contribution in [2.45, 2.75) is 41.0 Å². The summed E-state index contributed by atoms with van der Waals surface area (Å²) in [6.45, 7) is 11.4. The maximum Gasteiger partial charge on any atom is -0.0140 e. The molecule has 0 saturated carbocycles. The molecule has 0 saturated heterocycles. The summed E-state index contributed by atoms with van der Waals surface area (Å²) in [5.41, 5.74) is 4.62. The Hall–Kier alpha value is -0.520. The highest BCUT2D eigenvalue weighted by Crippen LogP contribution is 2.33. The monoisotopic (exact) mass is 164 g/mol. The topological polar surface area (TPSA) is 0 Å². The van der Waals surface area contributed by atoms with Gasteiger partial charge in [-0.25, -0.2) is 0 Å². The van der Waals surface area contributed by atoms with Crippen molar-refractivity contribution in [3.05, 3.63) is 22.8 Å². The van der Waals surface area contributed by atoms with E-state index >= 15 is 0 Å². The van der Waals surface area contributed by atoms with E-state index in [1.165, 1.54) is 17.6 Å². The molecule has 1 rings (SSSR count). The summed E-state index contributed by atoms with van der Waals surface area (Å²) in [5.74, 6) is 1.57. The lowest BCUT2D eigenvalue weighted by Crippen LogP contribution is -2.14. The molecule has 0 nitrogen and oxygen atoms in total. The first-order chi connectivity index (χ1) is 5.52. The summed E-state index contributed by atoms with van der Waals surface area (Å²) in [6.07, 6.45) is 3.59. The molecule has 1 aliphatic carbocycles. The van der Waals surface area contributed by atoms with Gasteiger partial charge in [-0.15, -0.1) is 0 Å². The van der Waals surface area contributed by atoms with Gasteiger partial charge in [-0.1, -0.05) is 36.6 Å². The Bertz CT molecular complexity index is 228. The lowest BCUT2D eigenvalue weighted by Gasteiger charge is -2.27. The second kappa shape index (κ2) is 3.47. The summed E-state index contributed by atoms with van der Waals surface area (Å²) >= 11 is 0. The maximum absolute atomic E-state index is 2.33. The van der Waals surface area contributed by atoms with E-state index in [4.69, 9.17) is 0 Å². The molecule has 0 aromatic carbocycles. The van der Waals surface area contributed by atoms with Crippen molar-refractivity contribution in [1.29, 1.82) is 0 Å². The van der Waals surface area contributed by atoms with Crippen molar-refractivity contribution in [2.75, 3.05) is 0 Å². The molecule has 1 aliphatic rings. The Labute approximate surface area is 76.4 Å². The molecule has 0 aliphatic heterocycles. The van der Waals surface area contributed by atoms with Crippen LogP contribution in [0.25, 0.3) is 0 Å². The third kappa shape index (κ3) is 1.80. The van der Waals surface area contributed by atoms with Gasteiger partial charge < -0.3 is 0 Å². The molecule has 0 heterocycles. The van der Waals surface area contributed by atoms with Crippen LogP contribution in [-0.2, 0) is 0 Å². The summed E-state index contributed by atoms with van der Waals surface area (Å²) in [6, 6.07) is 0. The van der Waals surface area contributed by atoms with Crippen LogP contribution in [0.3, 0.4) is 0 Å². The largest absolute Gasteiger partial charge is 0.0725 e. The van der Waals surface area contributed by atoms with Gasteiger partial charge in [-0.05, 0) is 39.0 Å². The molecule has 0 N–H and O–H groups in total. The predicted molar refractivity (Wildman–Crippen MR) is 55.1 cm³/mol. The predicted octanol–water partition coefficient (Wildman–Crippen LogP) is 3.95. The minimum absolute atomic E-state index is 0.781. The molecule has 0 aromatic rings. The molecule has 0 bridgehead atoms. The van der Waals surface area contributed by atoms with E-state index in [0.717, 1.165) is 11.8 Å². The highest BCUT2D eigenvalue weighted by molar-refractivity contribution is 5.32. The Morgan fingerprint density at radius 3 is 2.33 bits per heavy atom. The van der Waals surface area contributed by atoms with E-state index in [-0.39, 0.29) is 0 Å². The molecule has 0 amide bonds. The first kappa shape index (κ1) is 9.57. The van der Waals surface area contributed by atoms with Crippen LogP contribution >= 0.6 is 0 Å². The second-order valence-corrected chi connectivity index (χ2v) is 4.41. The number of allylic oxidation sites excluding steroid dienone is 4. The van der Waals surface area contributed by atoms with E-state index < -0.39 is 0 Å². The average Bonchev–Trinajstić information content (AvgIpc) is 1.96.